The van der Waals surface area contributed by atoms with Crippen molar-refractivity contribution in [1.82, 2.24) is 4.90 Å². The van der Waals surface area contributed by atoms with Crippen LogP contribution in [0, 0.1) is 5.92 Å². The summed E-state index contributed by atoms with van der Waals surface area (Å²) >= 11 is 9.42. The molecule has 1 aromatic rings. The molecule has 118 valence electrons. The molecule has 1 aliphatic heterocycles. The number of anilines is 1. The van der Waals surface area contributed by atoms with E-state index >= 15 is 0 Å². The maximum atomic E-state index is 12.0. The number of halogens is 3. The average molecular weight is 397 g/mol. The van der Waals surface area contributed by atoms with Crippen LogP contribution in [0.3, 0.4) is 0 Å². The Hall–Kier alpha value is -0.330. The third kappa shape index (κ3) is 5.42. The van der Waals surface area contributed by atoms with Crippen LogP contribution in [0.25, 0.3) is 0 Å². The second-order valence-corrected chi connectivity index (χ2v) is 6.64. The van der Waals surface area contributed by atoms with Gasteiger partial charge in [0.05, 0.1) is 17.3 Å². The Labute approximate surface area is 144 Å². The van der Waals surface area contributed by atoms with Gasteiger partial charge in [-0.3, -0.25) is 9.69 Å². The highest BCUT2D eigenvalue weighted by Crippen LogP contribution is 2.25. The molecule has 1 heterocycles. The summed E-state index contributed by atoms with van der Waals surface area (Å²) < 4.78 is 0.889. The van der Waals surface area contributed by atoms with Gasteiger partial charge in [0.25, 0.3) is 0 Å². The first-order chi connectivity index (χ1) is 9.45. The van der Waals surface area contributed by atoms with Gasteiger partial charge in [0.2, 0.25) is 5.91 Å². The number of likely N-dealkylation sites (tertiary alicyclic amines) is 1. The molecule has 2 unspecified atom stereocenters. The second-order valence-electron chi connectivity index (χ2n) is 5.32. The van der Waals surface area contributed by atoms with Crippen LogP contribution >= 0.6 is 39.9 Å². The Morgan fingerprint density at radius 1 is 1.62 bits per heavy atom. The van der Waals surface area contributed by atoms with E-state index in [1.54, 1.807) is 12.1 Å². The number of hydrogen-bond acceptors (Lipinski definition) is 3. The molecule has 1 saturated heterocycles. The highest BCUT2D eigenvalue weighted by Gasteiger charge is 2.26. The van der Waals surface area contributed by atoms with Crippen molar-refractivity contribution in [1.29, 1.82) is 0 Å². The van der Waals surface area contributed by atoms with Crippen molar-refractivity contribution >= 4 is 51.5 Å². The van der Waals surface area contributed by atoms with Gasteiger partial charge in [-0.1, -0.05) is 27.5 Å². The van der Waals surface area contributed by atoms with Crippen molar-refractivity contribution in [3.63, 3.8) is 0 Å². The lowest BCUT2D eigenvalue weighted by Gasteiger charge is -2.17. The normalized spacial score (nSPS) is 19.9. The van der Waals surface area contributed by atoms with E-state index in [1.807, 2.05) is 13.0 Å². The molecule has 0 aromatic heterocycles. The Morgan fingerprint density at radius 3 is 2.90 bits per heavy atom. The van der Waals surface area contributed by atoms with E-state index in [-0.39, 0.29) is 24.4 Å². The number of carbonyl (C=O) groups is 1. The van der Waals surface area contributed by atoms with Crippen molar-refractivity contribution in [3.8, 4) is 0 Å². The quantitative estimate of drug-likeness (QED) is 0.821. The highest BCUT2D eigenvalue weighted by atomic mass is 79.9. The molecule has 2 rings (SSSR count). The summed E-state index contributed by atoms with van der Waals surface area (Å²) in [7, 11) is 0. The van der Waals surface area contributed by atoms with Gasteiger partial charge in [0.15, 0.2) is 0 Å². The fourth-order valence-electron chi connectivity index (χ4n) is 2.42. The zero-order chi connectivity index (χ0) is 14.7. The number of nitrogens with one attached hydrogen (secondary N) is 1. The number of nitrogens with zero attached hydrogens (tertiary/aromatic N) is 1. The Bertz CT molecular complexity index is 499. The summed E-state index contributed by atoms with van der Waals surface area (Å²) in [5.41, 5.74) is 6.54. The number of rotatable bonds is 4. The molecule has 2 atom stereocenters. The molecule has 0 saturated carbocycles. The standard InChI is InChI=1S/C14H19BrClN3O.ClH/c1-9(17)10-4-5-19(7-10)8-14(20)18-13-3-2-11(15)6-12(13)16;/h2-3,6,9-10H,4-5,7-8,17H2,1H3,(H,18,20);1H. The summed E-state index contributed by atoms with van der Waals surface area (Å²) in [4.78, 5) is 14.2. The first-order valence-electron chi connectivity index (χ1n) is 6.68. The zero-order valence-corrected chi connectivity index (χ0v) is 15.0. The van der Waals surface area contributed by atoms with Gasteiger partial charge in [-0.25, -0.2) is 0 Å². The van der Waals surface area contributed by atoms with Crippen molar-refractivity contribution in [2.24, 2.45) is 11.7 Å². The number of benzene rings is 1. The Balaban J connectivity index is 0.00000220. The van der Waals surface area contributed by atoms with Gasteiger partial charge in [0, 0.05) is 17.1 Å². The van der Waals surface area contributed by atoms with Crippen LogP contribution < -0.4 is 11.1 Å². The molecular formula is C14H20BrCl2N3O. The van der Waals surface area contributed by atoms with Gasteiger partial charge in [0.1, 0.15) is 0 Å². The maximum absolute atomic E-state index is 12.0. The number of carbonyl (C=O) groups excluding carboxylic acids is 1. The first-order valence-corrected chi connectivity index (χ1v) is 7.85. The van der Waals surface area contributed by atoms with Crippen LogP contribution in [-0.2, 0) is 4.79 Å². The largest absolute Gasteiger partial charge is 0.328 e. The fraction of sp³-hybridized carbons (Fsp3) is 0.500. The molecule has 1 aliphatic rings. The molecule has 21 heavy (non-hydrogen) atoms. The minimum Gasteiger partial charge on any atom is -0.328 e. The van der Waals surface area contributed by atoms with E-state index < -0.39 is 0 Å². The first kappa shape index (κ1) is 18.7. The van der Waals surface area contributed by atoms with Crippen LogP contribution in [0.1, 0.15) is 13.3 Å². The predicted molar refractivity (Wildman–Crippen MR) is 93.2 cm³/mol. The fourth-order valence-corrected chi connectivity index (χ4v) is 3.14. The van der Waals surface area contributed by atoms with E-state index in [9.17, 15) is 4.79 Å². The minimum atomic E-state index is -0.0421. The lowest BCUT2D eigenvalue weighted by atomic mass is 10.0. The molecule has 1 aromatic carbocycles. The van der Waals surface area contributed by atoms with Gasteiger partial charge >= 0.3 is 0 Å². The number of amides is 1. The maximum Gasteiger partial charge on any atom is 0.238 e. The summed E-state index contributed by atoms with van der Waals surface area (Å²) in [6.07, 6.45) is 1.06. The summed E-state index contributed by atoms with van der Waals surface area (Å²) in [5.74, 6) is 0.443. The van der Waals surface area contributed by atoms with E-state index in [1.165, 1.54) is 0 Å². The van der Waals surface area contributed by atoms with Gasteiger partial charge in [-0.2, -0.15) is 0 Å². The van der Waals surface area contributed by atoms with Crippen molar-refractivity contribution < 1.29 is 4.79 Å². The van der Waals surface area contributed by atoms with Gasteiger partial charge in [-0.15, -0.1) is 12.4 Å². The molecule has 0 spiro atoms. The minimum absolute atomic E-state index is 0. The van der Waals surface area contributed by atoms with Crippen molar-refractivity contribution in [3.05, 3.63) is 27.7 Å². The zero-order valence-electron chi connectivity index (χ0n) is 11.8. The van der Waals surface area contributed by atoms with Crippen LogP contribution in [0.15, 0.2) is 22.7 Å². The summed E-state index contributed by atoms with van der Waals surface area (Å²) in [6.45, 7) is 4.22. The topological polar surface area (TPSA) is 58.4 Å². The molecule has 1 amide bonds. The average Bonchev–Trinajstić information content (AvgIpc) is 2.81. The van der Waals surface area contributed by atoms with Crippen molar-refractivity contribution in [2.45, 2.75) is 19.4 Å². The number of hydrogen-bond donors (Lipinski definition) is 2. The van der Waals surface area contributed by atoms with Crippen LogP contribution in [-0.4, -0.2) is 36.5 Å². The number of nitrogens with two attached hydrogens (primary N) is 1. The summed E-state index contributed by atoms with van der Waals surface area (Å²) in [5, 5.41) is 3.37. The Morgan fingerprint density at radius 2 is 2.33 bits per heavy atom. The lowest BCUT2D eigenvalue weighted by Crippen LogP contribution is -2.34. The third-order valence-corrected chi connectivity index (χ3v) is 4.43. The highest BCUT2D eigenvalue weighted by molar-refractivity contribution is 9.10. The molecule has 1 fully saturated rings. The van der Waals surface area contributed by atoms with Gasteiger partial charge in [-0.05, 0) is 44.0 Å². The smallest absolute Gasteiger partial charge is 0.238 e. The van der Waals surface area contributed by atoms with Crippen LogP contribution in [0.5, 0.6) is 0 Å². The van der Waals surface area contributed by atoms with E-state index in [0.29, 0.717) is 23.2 Å². The second kappa shape index (κ2) is 8.34. The molecule has 4 nitrogen and oxygen atoms in total. The van der Waals surface area contributed by atoms with Crippen molar-refractivity contribution in [2.75, 3.05) is 25.0 Å². The molecular weight excluding hydrogens is 377 g/mol. The lowest BCUT2D eigenvalue weighted by molar-refractivity contribution is -0.117. The van der Waals surface area contributed by atoms with Gasteiger partial charge < -0.3 is 11.1 Å². The van der Waals surface area contributed by atoms with E-state index in [2.05, 4.69) is 26.1 Å². The van der Waals surface area contributed by atoms with Crippen LogP contribution in [0.4, 0.5) is 5.69 Å². The monoisotopic (exact) mass is 395 g/mol. The SMILES string of the molecule is CC(N)C1CCN(CC(=O)Nc2ccc(Br)cc2Cl)C1.Cl. The molecule has 0 aliphatic carbocycles. The Kier molecular flexibility index (Phi) is 7.44. The molecule has 3 N–H and O–H groups in total. The molecule has 7 heteroatoms. The van der Waals surface area contributed by atoms with E-state index in [4.69, 9.17) is 17.3 Å². The predicted octanol–water partition coefficient (Wildman–Crippen LogP) is 3.13. The van der Waals surface area contributed by atoms with Crippen LogP contribution in [0.2, 0.25) is 5.02 Å². The molecule has 0 radical (unpaired) electrons. The third-order valence-electron chi connectivity index (χ3n) is 3.62. The summed E-state index contributed by atoms with van der Waals surface area (Å²) in [6, 6.07) is 5.59. The van der Waals surface area contributed by atoms with E-state index in [0.717, 1.165) is 24.0 Å². The molecule has 0 bridgehead atoms.